The molecule has 0 aromatic rings. The van der Waals surface area contributed by atoms with Crippen LogP contribution in [-0.2, 0) is 0 Å². The third-order valence-electron chi connectivity index (χ3n) is 3.14. The first kappa shape index (κ1) is 11.0. The van der Waals surface area contributed by atoms with E-state index in [0.29, 0.717) is 6.04 Å². The first-order chi connectivity index (χ1) is 6.11. The maximum Gasteiger partial charge on any atom is 0.0217 e. The molecule has 0 aromatic carbocycles. The van der Waals surface area contributed by atoms with Crippen molar-refractivity contribution >= 4 is 0 Å². The molecule has 0 amide bonds. The van der Waals surface area contributed by atoms with Crippen LogP contribution in [0.25, 0.3) is 0 Å². The first-order valence-electron chi connectivity index (χ1n) is 5.51. The highest BCUT2D eigenvalue weighted by atomic mass is 15.2. The summed E-state index contributed by atoms with van der Waals surface area (Å²) in [6.07, 6.45) is 4.14. The normalized spacial score (nSPS) is 26.8. The smallest absolute Gasteiger partial charge is 0.0217 e. The van der Waals surface area contributed by atoms with Crippen LogP contribution in [0.4, 0.5) is 0 Å². The second kappa shape index (κ2) is 4.97. The fourth-order valence-corrected chi connectivity index (χ4v) is 2.04. The lowest BCUT2D eigenvalue weighted by molar-refractivity contribution is 0.168. The summed E-state index contributed by atoms with van der Waals surface area (Å²) in [5.41, 5.74) is 0. The highest BCUT2D eigenvalue weighted by Gasteiger charge is 2.20. The summed E-state index contributed by atoms with van der Waals surface area (Å²) in [5, 5.41) is 0. The Morgan fingerprint density at radius 1 is 1.23 bits per heavy atom. The first-order valence-corrected chi connectivity index (χ1v) is 5.51. The van der Waals surface area contributed by atoms with Crippen molar-refractivity contribution in [1.82, 2.24) is 9.80 Å². The van der Waals surface area contributed by atoms with E-state index in [1.165, 1.54) is 32.4 Å². The predicted octanol–water partition coefficient (Wildman–Crippen LogP) is 1.81. The van der Waals surface area contributed by atoms with Gasteiger partial charge in [-0.15, -0.1) is 0 Å². The summed E-state index contributed by atoms with van der Waals surface area (Å²) in [6.45, 7) is 7.16. The molecule has 78 valence electrons. The molecule has 0 aromatic heterocycles. The van der Waals surface area contributed by atoms with Gasteiger partial charge in [-0.25, -0.2) is 0 Å². The second-order valence-electron chi connectivity index (χ2n) is 4.70. The van der Waals surface area contributed by atoms with Gasteiger partial charge in [0.15, 0.2) is 0 Å². The van der Waals surface area contributed by atoms with E-state index in [1.807, 2.05) is 0 Å². The van der Waals surface area contributed by atoms with Crippen molar-refractivity contribution in [2.24, 2.45) is 0 Å². The summed E-state index contributed by atoms with van der Waals surface area (Å²) in [6, 6.07) is 1.48. The van der Waals surface area contributed by atoms with Crippen LogP contribution in [0.2, 0.25) is 0 Å². The third-order valence-corrected chi connectivity index (χ3v) is 3.14. The Morgan fingerprint density at radius 2 is 1.92 bits per heavy atom. The van der Waals surface area contributed by atoms with E-state index in [1.54, 1.807) is 0 Å². The molecule has 0 aliphatic carbocycles. The van der Waals surface area contributed by atoms with Gasteiger partial charge in [-0.1, -0.05) is 6.42 Å². The van der Waals surface area contributed by atoms with Crippen LogP contribution in [0.15, 0.2) is 0 Å². The van der Waals surface area contributed by atoms with Crippen LogP contribution in [0.5, 0.6) is 0 Å². The van der Waals surface area contributed by atoms with Crippen LogP contribution < -0.4 is 0 Å². The zero-order valence-corrected chi connectivity index (χ0v) is 9.58. The van der Waals surface area contributed by atoms with Gasteiger partial charge < -0.3 is 4.90 Å². The molecule has 13 heavy (non-hydrogen) atoms. The molecule has 0 bridgehead atoms. The van der Waals surface area contributed by atoms with E-state index in [9.17, 15) is 0 Å². The second-order valence-corrected chi connectivity index (χ2v) is 4.70. The molecule has 1 aliphatic heterocycles. The van der Waals surface area contributed by atoms with Gasteiger partial charge in [0, 0.05) is 18.6 Å². The molecule has 0 N–H and O–H groups in total. The van der Waals surface area contributed by atoms with Crippen molar-refractivity contribution in [1.29, 1.82) is 0 Å². The van der Waals surface area contributed by atoms with Gasteiger partial charge in [-0.05, 0) is 47.3 Å². The summed E-state index contributed by atoms with van der Waals surface area (Å²) >= 11 is 0. The number of likely N-dealkylation sites (N-methyl/N-ethyl adjacent to an activating group) is 1. The van der Waals surface area contributed by atoms with Gasteiger partial charge in [0.1, 0.15) is 0 Å². The van der Waals surface area contributed by atoms with Crippen molar-refractivity contribution in [2.75, 3.05) is 27.2 Å². The van der Waals surface area contributed by atoms with Crippen LogP contribution in [-0.4, -0.2) is 49.1 Å². The van der Waals surface area contributed by atoms with E-state index in [-0.39, 0.29) is 0 Å². The quantitative estimate of drug-likeness (QED) is 0.646. The van der Waals surface area contributed by atoms with E-state index >= 15 is 0 Å². The standard InChI is InChI=1S/C11H24N2/c1-10(2)13-8-6-5-7-11(9-13)12(3)4/h10-11H,5-9H2,1-4H3. The average molecular weight is 184 g/mol. The van der Waals surface area contributed by atoms with Crippen molar-refractivity contribution < 1.29 is 0 Å². The largest absolute Gasteiger partial charge is 0.305 e. The van der Waals surface area contributed by atoms with Gasteiger partial charge in [0.05, 0.1) is 0 Å². The van der Waals surface area contributed by atoms with E-state index in [2.05, 4.69) is 37.7 Å². The molecule has 0 radical (unpaired) electrons. The number of hydrogen-bond acceptors (Lipinski definition) is 2. The summed E-state index contributed by atoms with van der Waals surface area (Å²) in [4.78, 5) is 4.98. The maximum absolute atomic E-state index is 2.61. The molecule has 1 rings (SSSR count). The Kier molecular flexibility index (Phi) is 4.20. The van der Waals surface area contributed by atoms with Crippen LogP contribution >= 0.6 is 0 Å². The Balaban J connectivity index is 2.49. The van der Waals surface area contributed by atoms with Gasteiger partial charge in [-0.2, -0.15) is 0 Å². The van der Waals surface area contributed by atoms with E-state index < -0.39 is 0 Å². The highest BCUT2D eigenvalue weighted by Crippen LogP contribution is 2.15. The topological polar surface area (TPSA) is 6.48 Å². The van der Waals surface area contributed by atoms with Crippen LogP contribution in [0.3, 0.4) is 0 Å². The van der Waals surface area contributed by atoms with Crippen LogP contribution in [0, 0.1) is 0 Å². The molecule has 1 atom stereocenters. The third kappa shape index (κ3) is 3.28. The molecule has 1 heterocycles. The Morgan fingerprint density at radius 3 is 2.46 bits per heavy atom. The summed E-state index contributed by atoms with van der Waals surface area (Å²) in [5.74, 6) is 0. The fraction of sp³-hybridized carbons (Fsp3) is 1.00. The molecule has 1 fully saturated rings. The lowest BCUT2D eigenvalue weighted by atomic mass is 10.1. The monoisotopic (exact) mass is 184 g/mol. The number of likely N-dealkylation sites (tertiary alicyclic amines) is 1. The molecule has 2 nitrogen and oxygen atoms in total. The molecule has 0 saturated carbocycles. The minimum atomic E-state index is 0.709. The summed E-state index contributed by atoms with van der Waals surface area (Å²) < 4.78 is 0. The van der Waals surface area contributed by atoms with Gasteiger partial charge >= 0.3 is 0 Å². The van der Waals surface area contributed by atoms with Crippen molar-refractivity contribution in [3.05, 3.63) is 0 Å². The Hall–Kier alpha value is -0.0800. The van der Waals surface area contributed by atoms with E-state index in [0.717, 1.165) is 6.04 Å². The zero-order valence-electron chi connectivity index (χ0n) is 9.58. The minimum Gasteiger partial charge on any atom is -0.305 e. The number of hydrogen-bond donors (Lipinski definition) is 0. The molecule has 1 aliphatic rings. The Bertz CT molecular complexity index is 127. The van der Waals surface area contributed by atoms with Crippen molar-refractivity contribution in [2.45, 2.75) is 45.2 Å². The van der Waals surface area contributed by atoms with Crippen molar-refractivity contribution in [3.8, 4) is 0 Å². The number of rotatable bonds is 2. The minimum absolute atomic E-state index is 0.709. The molecule has 1 unspecified atom stereocenters. The summed E-state index contributed by atoms with van der Waals surface area (Å²) in [7, 11) is 4.41. The Labute approximate surface area is 82.9 Å². The number of nitrogens with zero attached hydrogens (tertiary/aromatic N) is 2. The molecule has 1 saturated heterocycles. The lowest BCUT2D eigenvalue weighted by Crippen LogP contribution is -2.41. The SMILES string of the molecule is CC(C)N1CCCCC(N(C)C)C1. The molecular formula is C11H24N2. The molecule has 2 heteroatoms. The predicted molar refractivity (Wildman–Crippen MR) is 58.0 cm³/mol. The van der Waals surface area contributed by atoms with Gasteiger partial charge in [0.25, 0.3) is 0 Å². The average Bonchev–Trinajstić information content (AvgIpc) is 2.28. The zero-order chi connectivity index (χ0) is 9.84. The fourth-order valence-electron chi connectivity index (χ4n) is 2.04. The van der Waals surface area contributed by atoms with Crippen molar-refractivity contribution in [3.63, 3.8) is 0 Å². The van der Waals surface area contributed by atoms with E-state index in [4.69, 9.17) is 0 Å². The maximum atomic E-state index is 2.61. The van der Waals surface area contributed by atoms with Gasteiger partial charge in [0.2, 0.25) is 0 Å². The lowest BCUT2D eigenvalue weighted by Gasteiger charge is -2.30. The van der Waals surface area contributed by atoms with Gasteiger partial charge in [-0.3, -0.25) is 4.90 Å². The molecular weight excluding hydrogens is 160 g/mol. The van der Waals surface area contributed by atoms with Crippen LogP contribution in [0.1, 0.15) is 33.1 Å². The molecule has 0 spiro atoms. The highest BCUT2D eigenvalue weighted by molar-refractivity contribution is 4.77.